The van der Waals surface area contributed by atoms with Crippen molar-refractivity contribution < 1.29 is 22.7 Å². The quantitative estimate of drug-likeness (QED) is 0.763. The highest BCUT2D eigenvalue weighted by atomic mass is 32.2. The Morgan fingerprint density at radius 1 is 1.25 bits per heavy atom. The molecular formula is C19H19N3O5S. The number of nitrogens with zero attached hydrogens (tertiary/aromatic N) is 1. The average molecular weight is 401 g/mol. The van der Waals surface area contributed by atoms with Crippen molar-refractivity contribution in [1.82, 2.24) is 4.72 Å². The van der Waals surface area contributed by atoms with Gasteiger partial charge in [-0.2, -0.15) is 5.26 Å². The van der Waals surface area contributed by atoms with Crippen LogP contribution in [0.15, 0.2) is 47.4 Å². The van der Waals surface area contributed by atoms with Gasteiger partial charge in [-0.1, -0.05) is 0 Å². The number of anilines is 1. The summed E-state index contributed by atoms with van der Waals surface area (Å²) in [4.78, 5) is 12.6. The van der Waals surface area contributed by atoms with Gasteiger partial charge in [-0.05, 0) is 48.9 Å². The summed E-state index contributed by atoms with van der Waals surface area (Å²) in [5.74, 6) is -0.280. The molecule has 2 aromatic carbocycles. The first-order chi connectivity index (χ1) is 13.4. The van der Waals surface area contributed by atoms with E-state index in [1.807, 2.05) is 6.07 Å². The molecule has 3 rings (SSSR count). The van der Waals surface area contributed by atoms with E-state index >= 15 is 0 Å². The average Bonchev–Trinajstić information content (AvgIpc) is 3.20. The number of benzene rings is 2. The monoisotopic (exact) mass is 401 g/mol. The molecule has 1 unspecified atom stereocenters. The van der Waals surface area contributed by atoms with E-state index in [1.54, 1.807) is 24.3 Å². The molecule has 0 saturated carbocycles. The van der Waals surface area contributed by atoms with Gasteiger partial charge in [0.15, 0.2) is 0 Å². The fourth-order valence-electron chi connectivity index (χ4n) is 2.77. The maximum absolute atomic E-state index is 12.7. The van der Waals surface area contributed by atoms with Crippen LogP contribution in [0.3, 0.4) is 0 Å². The van der Waals surface area contributed by atoms with Crippen LogP contribution < -0.4 is 14.8 Å². The Morgan fingerprint density at radius 3 is 2.61 bits per heavy atom. The van der Waals surface area contributed by atoms with Gasteiger partial charge in [0.05, 0.1) is 35.8 Å². The predicted molar refractivity (Wildman–Crippen MR) is 102 cm³/mol. The minimum atomic E-state index is -3.81. The molecule has 1 aliphatic heterocycles. The number of nitriles is 1. The Balaban J connectivity index is 1.85. The largest absolute Gasteiger partial charge is 0.496 e. The van der Waals surface area contributed by atoms with Crippen LogP contribution in [0.4, 0.5) is 5.69 Å². The molecule has 9 heteroatoms. The van der Waals surface area contributed by atoms with E-state index in [-0.39, 0.29) is 22.3 Å². The number of hydrogen-bond donors (Lipinski definition) is 2. The number of amides is 1. The van der Waals surface area contributed by atoms with E-state index in [0.717, 1.165) is 0 Å². The van der Waals surface area contributed by atoms with Crippen molar-refractivity contribution in [1.29, 1.82) is 5.26 Å². The molecule has 1 aliphatic rings. The smallest absolute Gasteiger partial charge is 0.259 e. The van der Waals surface area contributed by atoms with Crippen LogP contribution in [0.25, 0.3) is 0 Å². The van der Waals surface area contributed by atoms with Crippen LogP contribution in [0.2, 0.25) is 0 Å². The van der Waals surface area contributed by atoms with Gasteiger partial charge in [-0.25, -0.2) is 13.1 Å². The first-order valence-electron chi connectivity index (χ1n) is 8.52. The summed E-state index contributed by atoms with van der Waals surface area (Å²) in [5.41, 5.74) is 1.02. The normalized spacial score (nSPS) is 16.4. The van der Waals surface area contributed by atoms with E-state index in [9.17, 15) is 13.2 Å². The van der Waals surface area contributed by atoms with Crippen molar-refractivity contribution in [2.75, 3.05) is 25.6 Å². The van der Waals surface area contributed by atoms with Crippen LogP contribution in [-0.4, -0.2) is 40.7 Å². The van der Waals surface area contributed by atoms with Gasteiger partial charge in [0, 0.05) is 18.3 Å². The maximum atomic E-state index is 12.7. The van der Waals surface area contributed by atoms with Crippen molar-refractivity contribution in [3.8, 4) is 11.8 Å². The SMILES string of the molecule is COc1ccc(S(=O)(=O)NC2CCOC2)cc1C(=O)Nc1ccc(C#N)cc1. The molecule has 2 N–H and O–H groups in total. The zero-order valence-electron chi connectivity index (χ0n) is 15.1. The van der Waals surface area contributed by atoms with Gasteiger partial charge in [-0.15, -0.1) is 0 Å². The van der Waals surface area contributed by atoms with Crippen molar-refractivity contribution in [3.05, 3.63) is 53.6 Å². The second-order valence-corrected chi connectivity index (χ2v) is 7.90. The fourth-order valence-corrected chi connectivity index (χ4v) is 4.05. The summed E-state index contributed by atoms with van der Waals surface area (Å²) in [5, 5.41) is 11.5. The number of sulfonamides is 1. The molecule has 0 spiro atoms. The number of nitrogens with one attached hydrogen (secondary N) is 2. The number of methoxy groups -OCH3 is 1. The van der Waals surface area contributed by atoms with Crippen molar-refractivity contribution in [2.24, 2.45) is 0 Å². The lowest BCUT2D eigenvalue weighted by molar-refractivity contribution is 0.102. The van der Waals surface area contributed by atoms with E-state index < -0.39 is 15.9 Å². The van der Waals surface area contributed by atoms with Crippen molar-refractivity contribution in [2.45, 2.75) is 17.4 Å². The Labute approximate surface area is 163 Å². The van der Waals surface area contributed by atoms with E-state index in [2.05, 4.69) is 10.0 Å². The summed E-state index contributed by atoms with van der Waals surface area (Å²) in [7, 11) is -2.41. The minimum Gasteiger partial charge on any atom is -0.496 e. The van der Waals surface area contributed by atoms with Gasteiger partial charge in [-0.3, -0.25) is 4.79 Å². The van der Waals surface area contributed by atoms with Crippen LogP contribution in [0.1, 0.15) is 22.3 Å². The first kappa shape index (κ1) is 19.8. The molecule has 0 aliphatic carbocycles. The molecule has 1 atom stereocenters. The molecule has 1 saturated heterocycles. The lowest BCUT2D eigenvalue weighted by Gasteiger charge is -2.14. The number of carbonyl (C=O) groups is 1. The van der Waals surface area contributed by atoms with Gasteiger partial charge < -0.3 is 14.8 Å². The molecule has 28 heavy (non-hydrogen) atoms. The van der Waals surface area contributed by atoms with Crippen molar-refractivity contribution >= 4 is 21.6 Å². The molecule has 8 nitrogen and oxygen atoms in total. The van der Waals surface area contributed by atoms with Gasteiger partial charge in [0.1, 0.15) is 5.75 Å². The van der Waals surface area contributed by atoms with Crippen LogP contribution in [0, 0.1) is 11.3 Å². The Kier molecular flexibility index (Phi) is 5.94. The molecule has 2 aromatic rings. The molecule has 146 valence electrons. The summed E-state index contributed by atoms with van der Waals surface area (Å²) >= 11 is 0. The summed E-state index contributed by atoms with van der Waals surface area (Å²) < 4.78 is 38.2. The van der Waals surface area contributed by atoms with Crippen LogP contribution in [0.5, 0.6) is 5.75 Å². The summed E-state index contributed by atoms with van der Waals surface area (Å²) in [6.45, 7) is 0.829. The van der Waals surface area contributed by atoms with Crippen LogP contribution >= 0.6 is 0 Å². The predicted octanol–water partition coefficient (Wildman–Crippen LogP) is 1.89. The molecule has 1 amide bonds. The lowest BCUT2D eigenvalue weighted by Crippen LogP contribution is -2.35. The topological polar surface area (TPSA) is 118 Å². The highest BCUT2D eigenvalue weighted by Gasteiger charge is 2.25. The zero-order chi connectivity index (χ0) is 20.1. The Hall–Kier alpha value is -2.93. The van der Waals surface area contributed by atoms with Crippen LogP contribution in [-0.2, 0) is 14.8 Å². The highest BCUT2D eigenvalue weighted by molar-refractivity contribution is 7.89. The van der Waals surface area contributed by atoms with Crippen molar-refractivity contribution in [3.63, 3.8) is 0 Å². The van der Waals surface area contributed by atoms with Gasteiger partial charge in [0.25, 0.3) is 5.91 Å². The minimum absolute atomic E-state index is 0.0369. The van der Waals surface area contributed by atoms with E-state index in [0.29, 0.717) is 30.9 Å². The highest BCUT2D eigenvalue weighted by Crippen LogP contribution is 2.24. The molecule has 0 aromatic heterocycles. The summed E-state index contributed by atoms with van der Waals surface area (Å²) in [6, 6.07) is 12.1. The molecule has 1 heterocycles. The van der Waals surface area contributed by atoms with Gasteiger partial charge >= 0.3 is 0 Å². The number of hydrogen-bond acceptors (Lipinski definition) is 6. The van der Waals surface area contributed by atoms with Gasteiger partial charge in [0.2, 0.25) is 10.0 Å². The molecular weight excluding hydrogens is 382 g/mol. The summed E-state index contributed by atoms with van der Waals surface area (Å²) in [6.07, 6.45) is 0.599. The molecule has 1 fully saturated rings. The maximum Gasteiger partial charge on any atom is 0.259 e. The number of ether oxygens (including phenoxy) is 2. The molecule has 0 bridgehead atoms. The second-order valence-electron chi connectivity index (χ2n) is 6.19. The Morgan fingerprint density at radius 2 is 2.00 bits per heavy atom. The molecule has 0 radical (unpaired) electrons. The number of rotatable bonds is 6. The van der Waals surface area contributed by atoms with E-state index in [4.69, 9.17) is 14.7 Å². The number of carbonyl (C=O) groups excluding carboxylic acids is 1. The third-order valence-corrected chi connectivity index (χ3v) is 5.77. The Bertz CT molecular complexity index is 1010. The first-order valence-corrected chi connectivity index (χ1v) is 10.0. The fraction of sp³-hybridized carbons (Fsp3) is 0.263. The third-order valence-electron chi connectivity index (χ3n) is 4.25. The zero-order valence-corrected chi connectivity index (χ0v) is 16.0. The van der Waals surface area contributed by atoms with E-state index in [1.165, 1.54) is 25.3 Å². The third kappa shape index (κ3) is 4.48. The standard InChI is InChI=1S/C19H19N3O5S/c1-26-18-7-6-16(28(24,25)22-15-8-9-27-12-15)10-17(18)19(23)21-14-4-2-13(11-20)3-5-14/h2-7,10,15,22H,8-9,12H2,1H3,(H,21,23). The lowest BCUT2D eigenvalue weighted by atomic mass is 10.1. The second kappa shape index (κ2) is 8.39.